The van der Waals surface area contributed by atoms with E-state index in [9.17, 15) is 0 Å². The van der Waals surface area contributed by atoms with Gasteiger partial charge in [-0.05, 0) is 36.5 Å². The summed E-state index contributed by atoms with van der Waals surface area (Å²) in [6, 6.07) is 0. The van der Waals surface area contributed by atoms with Crippen molar-refractivity contribution in [1.29, 1.82) is 0 Å². The van der Waals surface area contributed by atoms with Crippen LogP contribution in [0.3, 0.4) is 0 Å². The van der Waals surface area contributed by atoms with Crippen molar-refractivity contribution < 1.29 is 0 Å². The van der Waals surface area contributed by atoms with E-state index in [-0.39, 0.29) is 0 Å². The SMILES string of the molecule is C1=CC(C2CCCCCC2)C(C2CCCCCC2)C[N]1. The molecule has 113 valence electrons. The van der Waals surface area contributed by atoms with E-state index in [0.29, 0.717) is 0 Å². The molecule has 1 aliphatic heterocycles. The Morgan fingerprint density at radius 1 is 0.650 bits per heavy atom. The van der Waals surface area contributed by atoms with Gasteiger partial charge >= 0.3 is 0 Å². The van der Waals surface area contributed by atoms with Crippen LogP contribution in [-0.4, -0.2) is 6.54 Å². The molecule has 0 N–H and O–H groups in total. The summed E-state index contributed by atoms with van der Waals surface area (Å²) in [6.07, 6.45) is 22.4. The maximum absolute atomic E-state index is 4.65. The summed E-state index contributed by atoms with van der Waals surface area (Å²) in [5, 5.41) is 4.65. The molecule has 1 radical (unpaired) electrons. The summed E-state index contributed by atoms with van der Waals surface area (Å²) < 4.78 is 0. The lowest BCUT2D eigenvalue weighted by Crippen LogP contribution is -2.35. The van der Waals surface area contributed by atoms with E-state index in [1.807, 2.05) is 0 Å². The van der Waals surface area contributed by atoms with Crippen LogP contribution in [0, 0.1) is 23.7 Å². The second-order valence-corrected chi connectivity index (χ2v) is 7.45. The molecular formula is C19H32N. The van der Waals surface area contributed by atoms with Crippen LogP contribution in [0.5, 0.6) is 0 Å². The first-order chi connectivity index (χ1) is 9.95. The van der Waals surface area contributed by atoms with E-state index in [2.05, 4.69) is 17.6 Å². The standard InChI is InChI=1S/C19H32N/c1-2-6-10-16(9-5-1)18-13-14-20-15-19(18)17-11-7-3-4-8-12-17/h13-14,16-19H,1-12,15H2. The van der Waals surface area contributed by atoms with Crippen LogP contribution < -0.4 is 5.32 Å². The highest BCUT2D eigenvalue weighted by Gasteiger charge is 2.35. The molecule has 2 aliphatic carbocycles. The lowest BCUT2D eigenvalue weighted by molar-refractivity contribution is 0.162. The van der Waals surface area contributed by atoms with Crippen LogP contribution >= 0.6 is 0 Å². The molecular weight excluding hydrogens is 242 g/mol. The number of nitrogens with zero attached hydrogens (tertiary/aromatic N) is 1. The zero-order chi connectivity index (χ0) is 13.6. The predicted octanol–water partition coefficient (Wildman–Crippen LogP) is 5.29. The van der Waals surface area contributed by atoms with Crippen molar-refractivity contribution >= 4 is 0 Å². The molecule has 1 heteroatoms. The molecule has 0 aromatic rings. The fourth-order valence-electron chi connectivity index (χ4n) is 5.01. The van der Waals surface area contributed by atoms with Crippen molar-refractivity contribution in [2.75, 3.05) is 6.54 Å². The first kappa shape index (κ1) is 14.5. The van der Waals surface area contributed by atoms with Crippen LogP contribution in [0.25, 0.3) is 0 Å². The minimum atomic E-state index is 0.855. The first-order valence-electron chi connectivity index (χ1n) is 9.28. The Balaban J connectivity index is 1.68. The van der Waals surface area contributed by atoms with Gasteiger partial charge in [0, 0.05) is 12.7 Å². The molecule has 0 saturated heterocycles. The van der Waals surface area contributed by atoms with Gasteiger partial charge in [0.15, 0.2) is 0 Å². The lowest BCUT2D eigenvalue weighted by atomic mass is 9.69. The Morgan fingerprint density at radius 3 is 1.80 bits per heavy atom. The van der Waals surface area contributed by atoms with Gasteiger partial charge in [-0.1, -0.05) is 70.3 Å². The third-order valence-corrected chi connectivity index (χ3v) is 6.17. The van der Waals surface area contributed by atoms with Gasteiger partial charge in [-0.15, -0.1) is 0 Å². The minimum Gasteiger partial charge on any atom is -0.293 e. The summed E-state index contributed by atoms with van der Waals surface area (Å²) in [4.78, 5) is 0. The quantitative estimate of drug-likeness (QED) is 0.607. The summed E-state index contributed by atoms with van der Waals surface area (Å²) in [5.74, 6) is 3.67. The normalized spacial score (nSPS) is 34.2. The minimum absolute atomic E-state index is 0.855. The Bertz CT molecular complexity index is 293. The second kappa shape index (κ2) is 7.52. The van der Waals surface area contributed by atoms with Gasteiger partial charge in [0.05, 0.1) is 0 Å². The van der Waals surface area contributed by atoms with Gasteiger partial charge in [-0.3, -0.25) is 5.32 Å². The third kappa shape index (κ3) is 3.59. The molecule has 3 rings (SSSR count). The van der Waals surface area contributed by atoms with E-state index < -0.39 is 0 Å². The van der Waals surface area contributed by atoms with Gasteiger partial charge in [0.2, 0.25) is 0 Å². The molecule has 1 heterocycles. The third-order valence-electron chi connectivity index (χ3n) is 6.17. The van der Waals surface area contributed by atoms with Crippen molar-refractivity contribution in [3.63, 3.8) is 0 Å². The van der Waals surface area contributed by atoms with Gasteiger partial charge in [-0.2, -0.15) is 0 Å². The number of hydrogen-bond acceptors (Lipinski definition) is 0. The molecule has 0 amide bonds. The van der Waals surface area contributed by atoms with E-state index in [4.69, 9.17) is 0 Å². The van der Waals surface area contributed by atoms with E-state index in [1.165, 1.54) is 77.0 Å². The smallest absolute Gasteiger partial charge is 0.0425 e. The average molecular weight is 274 g/mol. The van der Waals surface area contributed by atoms with Gasteiger partial charge in [0.25, 0.3) is 0 Å². The highest BCUT2D eigenvalue weighted by atomic mass is 14.9. The largest absolute Gasteiger partial charge is 0.293 e. The van der Waals surface area contributed by atoms with E-state index in [0.717, 1.165) is 30.2 Å². The molecule has 3 aliphatic rings. The molecule has 0 bridgehead atoms. The molecule has 0 aromatic heterocycles. The van der Waals surface area contributed by atoms with Crippen LogP contribution in [0.15, 0.2) is 12.3 Å². The predicted molar refractivity (Wildman–Crippen MR) is 85.5 cm³/mol. The zero-order valence-electron chi connectivity index (χ0n) is 13.1. The average Bonchev–Trinajstić information content (AvgIpc) is 2.92. The fourth-order valence-corrected chi connectivity index (χ4v) is 5.01. The molecule has 2 fully saturated rings. The van der Waals surface area contributed by atoms with E-state index >= 15 is 0 Å². The molecule has 0 spiro atoms. The van der Waals surface area contributed by atoms with Crippen LogP contribution in [0.2, 0.25) is 0 Å². The van der Waals surface area contributed by atoms with Crippen LogP contribution in [0.1, 0.15) is 77.0 Å². The fraction of sp³-hybridized carbons (Fsp3) is 0.895. The molecule has 2 atom stereocenters. The monoisotopic (exact) mass is 274 g/mol. The topological polar surface area (TPSA) is 14.1 Å². The molecule has 1 nitrogen and oxygen atoms in total. The summed E-state index contributed by atoms with van der Waals surface area (Å²) >= 11 is 0. The maximum atomic E-state index is 4.65. The van der Waals surface area contributed by atoms with Crippen molar-refractivity contribution in [3.8, 4) is 0 Å². The number of rotatable bonds is 2. The highest BCUT2D eigenvalue weighted by molar-refractivity contribution is 5.01. The zero-order valence-corrected chi connectivity index (χ0v) is 13.1. The molecule has 2 saturated carbocycles. The van der Waals surface area contributed by atoms with Crippen LogP contribution in [-0.2, 0) is 0 Å². The molecule has 20 heavy (non-hydrogen) atoms. The summed E-state index contributed by atoms with van der Waals surface area (Å²) in [6.45, 7) is 1.13. The Kier molecular flexibility index (Phi) is 5.44. The molecule has 2 unspecified atom stereocenters. The summed E-state index contributed by atoms with van der Waals surface area (Å²) in [5.41, 5.74) is 0. The Hall–Kier alpha value is -0.460. The maximum Gasteiger partial charge on any atom is 0.0425 e. The van der Waals surface area contributed by atoms with Crippen molar-refractivity contribution in [1.82, 2.24) is 5.32 Å². The van der Waals surface area contributed by atoms with Crippen molar-refractivity contribution in [2.45, 2.75) is 77.0 Å². The lowest BCUT2D eigenvalue weighted by Gasteiger charge is -2.38. The number of hydrogen-bond donors (Lipinski definition) is 0. The van der Waals surface area contributed by atoms with E-state index in [1.54, 1.807) is 0 Å². The van der Waals surface area contributed by atoms with Crippen molar-refractivity contribution in [3.05, 3.63) is 12.3 Å². The van der Waals surface area contributed by atoms with Gasteiger partial charge < -0.3 is 0 Å². The van der Waals surface area contributed by atoms with Crippen molar-refractivity contribution in [2.24, 2.45) is 23.7 Å². The highest BCUT2D eigenvalue weighted by Crippen LogP contribution is 2.41. The number of allylic oxidation sites excluding steroid dienone is 1. The second-order valence-electron chi connectivity index (χ2n) is 7.45. The molecule has 0 aromatic carbocycles. The van der Waals surface area contributed by atoms with Gasteiger partial charge in [-0.25, -0.2) is 0 Å². The first-order valence-corrected chi connectivity index (χ1v) is 9.28. The van der Waals surface area contributed by atoms with Gasteiger partial charge in [0.1, 0.15) is 0 Å². The summed E-state index contributed by atoms with van der Waals surface area (Å²) in [7, 11) is 0. The van der Waals surface area contributed by atoms with Crippen LogP contribution in [0.4, 0.5) is 0 Å². The Morgan fingerprint density at radius 2 is 1.20 bits per heavy atom. The Labute approximate surface area is 125 Å².